The Hall–Kier alpha value is -1.24. The van der Waals surface area contributed by atoms with Crippen LogP contribution < -0.4 is 0 Å². The van der Waals surface area contributed by atoms with Crippen molar-refractivity contribution in [1.82, 2.24) is 0 Å². The summed E-state index contributed by atoms with van der Waals surface area (Å²) >= 11 is 0. The van der Waals surface area contributed by atoms with Crippen LogP contribution in [0.15, 0.2) is 41.0 Å². The topological polar surface area (TPSA) is 13.1 Å². The largest absolute Gasteiger partial charge is 0.465 e. The fourth-order valence-corrected chi connectivity index (χ4v) is 1.49. The minimum absolute atomic E-state index is 0.634. The van der Waals surface area contributed by atoms with Gasteiger partial charge in [0.25, 0.3) is 0 Å². The molecule has 1 heteroatoms. The molecule has 0 amide bonds. The molecule has 0 aromatic carbocycles. The maximum atomic E-state index is 5.32. The van der Waals surface area contributed by atoms with E-state index in [2.05, 4.69) is 25.2 Å². The number of hydrogen-bond donors (Lipinski definition) is 0. The molecule has 1 aliphatic carbocycles. The van der Waals surface area contributed by atoms with Crippen molar-refractivity contribution in [2.45, 2.75) is 13.3 Å². The van der Waals surface area contributed by atoms with Crippen LogP contribution in [-0.2, 0) is 0 Å². The lowest BCUT2D eigenvalue weighted by atomic mass is 9.95. The van der Waals surface area contributed by atoms with E-state index in [0.717, 1.165) is 12.2 Å². The Bertz CT molecular complexity index is 304. The van der Waals surface area contributed by atoms with E-state index in [9.17, 15) is 0 Å². The molecule has 62 valence electrons. The Labute approximate surface area is 72.4 Å². The summed E-state index contributed by atoms with van der Waals surface area (Å²) in [6.45, 7) is 2.21. The number of furan rings is 1. The van der Waals surface area contributed by atoms with Gasteiger partial charge in [-0.2, -0.15) is 0 Å². The highest BCUT2D eigenvalue weighted by molar-refractivity contribution is 5.64. The van der Waals surface area contributed by atoms with Gasteiger partial charge in [-0.05, 0) is 30.0 Å². The first-order valence-corrected chi connectivity index (χ1v) is 4.27. The Morgan fingerprint density at radius 3 is 3.08 bits per heavy atom. The van der Waals surface area contributed by atoms with E-state index in [1.165, 1.54) is 5.57 Å². The molecule has 0 bridgehead atoms. The van der Waals surface area contributed by atoms with Gasteiger partial charge < -0.3 is 4.42 Å². The van der Waals surface area contributed by atoms with Gasteiger partial charge in [0.15, 0.2) is 0 Å². The average molecular weight is 160 g/mol. The van der Waals surface area contributed by atoms with Gasteiger partial charge in [-0.3, -0.25) is 0 Å². The second kappa shape index (κ2) is 3.02. The molecule has 0 fully saturated rings. The van der Waals surface area contributed by atoms with E-state index in [-0.39, 0.29) is 0 Å². The van der Waals surface area contributed by atoms with E-state index >= 15 is 0 Å². The molecule has 0 aliphatic heterocycles. The van der Waals surface area contributed by atoms with E-state index in [4.69, 9.17) is 4.42 Å². The first-order chi connectivity index (χ1) is 5.86. The maximum Gasteiger partial charge on any atom is 0.129 e. The SMILES string of the molecule is CC1C=CC=C(c2ccco2)C1. The van der Waals surface area contributed by atoms with Crippen LogP contribution in [0.1, 0.15) is 19.1 Å². The highest BCUT2D eigenvalue weighted by Gasteiger charge is 2.09. The van der Waals surface area contributed by atoms with Crippen LogP contribution in [0.2, 0.25) is 0 Å². The summed E-state index contributed by atoms with van der Waals surface area (Å²) in [6.07, 6.45) is 9.25. The summed E-state index contributed by atoms with van der Waals surface area (Å²) in [4.78, 5) is 0. The number of hydrogen-bond acceptors (Lipinski definition) is 1. The molecule has 1 nitrogen and oxygen atoms in total. The van der Waals surface area contributed by atoms with Gasteiger partial charge in [0.2, 0.25) is 0 Å². The average Bonchev–Trinajstić information content (AvgIpc) is 2.56. The van der Waals surface area contributed by atoms with Gasteiger partial charge in [-0.25, -0.2) is 0 Å². The first-order valence-electron chi connectivity index (χ1n) is 4.27. The molecule has 1 aromatic heterocycles. The normalized spacial score (nSPS) is 22.4. The van der Waals surface area contributed by atoms with Crippen molar-refractivity contribution in [3.63, 3.8) is 0 Å². The van der Waals surface area contributed by atoms with Crippen LogP contribution >= 0.6 is 0 Å². The molecule has 2 rings (SSSR count). The third-order valence-corrected chi connectivity index (χ3v) is 2.12. The fraction of sp³-hybridized carbons (Fsp3) is 0.273. The molecule has 0 saturated heterocycles. The van der Waals surface area contributed by atoms with E-state index in [1.807, 2.05) is 12.1 Å². The first kappa shape index (κ1) is 7.41. The van der Waals surface area contributed by atoms with Crippen LogP contribution in [0.3, 0.4) is 0 Å². The Kier molecular flexibility index (Phi) is 1.86. The molecular weight excluding hydrogens is 148 g/mol. The zero-order chi connectivity index (χ0) is 8.39. The molecule has 0 radical (unpaired) electrons. The zero-order valence-electron chi connectivity index (χ0n) is 7.16. The Balaban J connectivity index is 2.26. The molecule has 0 N–H and O–H groups in total. The molecule has 1 heterocycles. The minimum Gasteiger partial charge on any atom is -0.465 e. The number of allylic oxidation sites excluding steroid dienone is 4. The van der Waals surface area contributed by atoms with Gasteiger partial charge in [0, 0.05) is 0 Å². The summed E-state index contributed by atoms with van der Waals surface area (Å²) in [5.74, 6) is 1.64. The van der Waals surface area contributed by atoms with E-state index < -0.39 is 0 Å². The predicted octanol–water partition coefficient (Wildman–Crippen LogP) is 3.26. The molecule has 1 atom stereocenters. The van der Waals surface area contributed by atoms with Crippen molar-refractivity contribution in [2.24, 2.45) is 5.92 Å². The zero-order valence-corrected chi connectivity index (χ0v) is 7.16. The van der Waals surface area contributed by atoms with E-state index in [0.29, 0.717) is 5.92 Å². The quantitative estimate of drug-likeness (QED) is 0.614. The smallest absolute Gasteiger partial charge is 0.129 e. The predicted molar refractivity (Wildman–Crippen MR) is 49.6 cm³/mol. The van der Waals surface area contributed by atoms with E-state index in [1.54, 1.807) is 6.26 Å². The third-order valence-electron chi connectivity index (χ3n) is 2.12. The third kappa shape index (κ3) is 1.35. The van der Waals surface area contributed by atoms with Gasteiger partial charge in [-0.1, -0.05) is 25.2 Å². The highest BCUT2D eigenvalue weighted by atomic mass is 16.3. The van der Waals surface area contributed by atoms with Gasteiger partial charge >= 0.3 is 0 Å². The van der Waals surface area contributed by atoms with Crippen molar-refractivity contribution in [2.75, 3.05) is 0 Å². The summed E-state index contributed by atoms with van der Waals surface area (Å²) in [6, 6.07) is 3.94. The van der Waals surface area contributed by atoms with Crippen LogP contribution in [0.5, 0.6) is 0 Å². The maximum absolute atomic E-state index is 5.32. The van der Waals surface area contributed by atoms with Crippen molar-refractivity contribution in [1.29, 1.82) is 0 Å². The Morgan fingerprint density at radius 2 is 2.42 bits per heavy atom. The van der Waals surface area contributed by atoms with Crippen LogP contribution in [0.25, 0.3) is 5.57 Å². The summed E-state index contributed by atoms with van der Waals surface area (Å²) in [7, 11) is 0. The molecule has 1 aromatic rings. The lowest BCUT2D eigenvalue weighted by molar-refractivity contribution is 0.546. The second-order valence-electron chi connectivity index (χ2n) is 3.24. The second-order valence-corrected chi connectivity index (χ2v) is 3.24. The summed E-state index contributed by atoms with van der Waals surface area (Å²) < 4.78 is 5.32. The van der Waals surface area contributed by atoms with Crippen LogP contribution in [0.4, 0.5) is 0 Å². The lowest BCUT2D eigenvalue weighted by Crippen LogP contribution is -1.95. The van der Waals surface area contributed by atoms with Crippen LogP contribution in [0, 0.1) is 5.92 Å². The van der Waals surface area contributed by atoms with Crippen molar-refractivity contribution in [3.8, 4) is 0 Å². The summed E-state index contributed by atoms with van der Waals surface area (Å²) in [5.41, 5.74) is 1.30. The van der Waals surface area contributed by atoms with Crippen molar-refractivity contribution < 1.29 is 4.42 Å². The Morgan fingerprint density at radius 1 is 1.50 bits per heavy atom. The minimum atomic E-state index is 0.634. The molecule has 1 unspecified atom stereocenters. The monoisotopic (exact) mass is 160 g/mol. The van der Waals surface area contributed by atoms with Gasteiger partial charge in [0.05, 0.1) is 6.26 Å². The molecular formula is C11H12O. The van der Waals surface area contributed by atoms with Crippen LogP contribution in [-0.4, -0.2) is 0 Å². The summed E-state index contributed by atoms with van der Waals surface area (Å²) in [5, 5.41) is 0. The molecule has 12 heavy (non-hydrogen) atoms. The fourth-order valence-electron chi connectivity index (χ4n) is 1.49. The van der Waals surface area contributed by atoms with Crippen molar-refractivity contribution >= 4 is 5.57 Å². The molecule has 0 spiro atoms. The van der Waals surface area contributed by atoms with Crippen molar-refractivity contribution in [3.05, 3.63) is 42.4 Å². The highest BCUT2D eigenvalue weighted by Crippen LogP contribution is 2.26. The molecule has 0 saturated carbocycles. The molecule has 1 aliphatic rings. The van der Waals surface area contributed by atoms with Gasteiger partial charge in [0.1, 0.15) is 5.76 Å². The number of rotatable bonds is 1. The standard InChI is InChI=1S/C11H12O/c1-9-4-2-5-10(8-9)11-6-3-7-12-11/h2-7,9H,8H2,1H3. The van der Waals surface area contributed by atoms with Gasteiger partial charge in [-0.15, -0.1) is 0 Å². The lowest BCUT2D eigenvalue weighted by Gasteiger charge is -2.11.